The van der Waals surface area contributed by atoms with Crippen molar-refractivity contribution in [1.29, 1.82) is 0 Å². The van der Waals surface area contributed by atoms with Crippen LogP contribution in [0.5, 0.6) is 0 Å². The van der Waals surface area contributed by atoms with Gasteiger partial charge in [-0.1, -0.05) is 17.7 Å². The Labute approximate surface area is 170 Å². The van der Waals surface area contributed by atoms with Gasteiger partial charge in [0.2, 0.25) is 5.89 Å². The van der Waals surface area contributed by atoms with Crippen LogP contribution in [0.1, 0.15) is 42.7 Å². The molecule has 0 amide bonds. The van der Waals surface area contributed by atoms with Gasteiger partial charge < -0.3 is 19.6 Å². The first-order chi connectivity index (χ1) is 14.2. The third kappa shape index (κ3) is 4.64. The molecular formula is C21H27N7O. The normalized spacial score (nSPS) is 13.9. The van der Waals surface area contributed by atoms with Crippen molar-refractivity contribution in [2.75, 3.05) is 6.54 Å². The lowest BCUT2D eigenvalue weighted by Crippen LogP contribution is -2.37. The first-order valence-corrected chi connectivity index (χ1v) is 10.2. The fourth-order valence-corrected chi connectivity index (χ4v) is 3.37. The molecule has 4 rings (SSSR count). The molecule has 8 nitrogen and oxygen atoms in total. The number of oxazole rings is 1. The van der Waals surface area contributed by atoms with Crippen molar-refractivity contribution < 1.29 is 4.42 Å². The Kier molecular flexibility index (Phi) is 5.88. The molecule has 0 spiro atoms. The second-order valence-electron chi connectivity index (χ2n) is 7.20. The van der Waals surface area contributed by atoms with Crippen LogP contribution in [0.2, 0.25) is 0 Å². The molecule has 0 bridgehead atoms. The summed E-state index contributed by atoms with van der Waals surface area (Å²) in [6.07, 6.45) is 5.05. The summed E-state index contributed by atoms with van der Waals surface area (Å²) in [5.74, 6) is 3.37. The van der Waals surface area contributed by atoms with Crippen molar-refractivity contribution in [2.45, 2.75) is 52.7 Å². The first-order valence-electron chi connectivity index (χ1n) is 10.2. The quantitative estimate of drug-likeness (QED) is 0.494. The van der Waals surface area contributed by atoms with Gasteiger partial charge in [0, 0.05) is 25.1 Å². The maximum atomic E-state index is 5.62. The Morgan fingerprint density at radius 1 is 1.17 bits per heavy atom. The van der Waals surface area contributed by atoms with Crippen molar-refractivity contribution in [3.63, 3.8) is 0 Å². The lowest BCUT2D eigenvalue weighted by atomic mass is 10.1. The fourth-order valence-electron chi connectivity index (χ4n) is 3.37. The van der Waals surface area contributed by atoms with Gasteiger partial charge >= 0.3 is 0 Å². The Morgan fingerprint density at radius 3 is 2.86 bits per heavy atom. The van der Waals surface area contributed by atoms with Crippen molar-refractivity contribution in [3.8, 4) is 11.5 Å². The summed E-state index contributed by atoms with van der Waals surface area (Å²) in [5.41, 5.74) is 2.96. The topological polar surface area (TPSA) is 93.2 Å². The van der Waals surface area contributed by atoms with Gasteiger partial charge in [-0.2, -0.15) is 0 Å². The van der Waals surface area contributed by atoms with E-state index in [-0.39, 0.29) is 0 Å². The minimum Gasteiger partial charge on any atom is -0.444 e. The molecule has 2 N–H and O–H groups in total. The van der Waals surface area contributed by atoms with Crippen molar-refractivity contribution in [1.82, 2.24) is 30.4 Å². The number of hydrogen-bond acceptors (Lipinski definition) is 5. The van der Waals surface area contributed by atoms with E-state index >= 15 is 0 Å². The van der Waals surface area contributed by atoms with E-state index in [1.165, 1.54) is 18.4 Å². The third-order valence-electron chi connectivity index (χ3n) is 4.94. The highest BCUT2D eigenvalue weighted by molar-refractivity contribution is 5.79. The molecule has 0 atom stereocenters. The van der Waals surface area contributed by atoms with Crippen LogP contribution in [0.25, 0.3) is 11.5 Å². The molecule has 29 heavy (non-hydrogen) atoms. The van der Waals surface area contributed by atoms with Crippen molar-refractivity contribution >= 4 is 5.96 Å². The van der Waals surface area contributed by atoms with Crippen molar-refractivity contribution in [2.24, 2.45) is 4.99 Å². The zero-order chi connectivity index (χ0) is 20.1. The molecule has 0 saturated carbocycles. The number of nitrogens with zero attached hydrogens (tertiary/aromatic N) is 5. The smallest absolute Gasteiger partial charge is 0.226 e. The first kappa shape index (κ1) is 19.2. The average Bonchev–Trinajstić information content (AvgIpc) is 3.38. The maximum absolute atomic E-state index is 5.62. The molecule has 2 aromatic heterocycles. The summed E-state index contributed by atoms with van der Waals surface area (Å²) in [6.45, 7) is 6.89. The Hall–Kier alpha value is -3.16. The van der Waals surface area contributed by atoms with E-state index < -0.39 is 0 Å². The molecule has 1 aliphatic heterocycles. The van der Waals surface area contributed by atoms with Crippen LogP contribution in [-0.2, 0) is 26.1 Å². The Balaban J connectivity index is 1.40. The number of aliphatic imine (C=N–C) groups is 1. The zero-order valence-electron chi connectivity index (χ0n) is 17.0. The highest BCUT2D eigenvalue weighted by atomic mass is 16.3. The molecule has 1 aliphatic rings. The summed E-state index contributed by atoms with van der Waals surface area (Å²) < 4.78 is 7.83. The Morgan fingerprint density at radius 2 is 2.03 bits per heavy atom. The fraction of sp³-hybridized carbons (Fsp3) is 0.429. The van der Waals surface area contributed by atoms with Crippen LogP contribution < -0.4 is 10.6 Å². The SMILES string of the molecule is CCNC(=NCc1coc(-c2ccc(C)cc2)n1)NCc1nnc2n1CCCC2. The van der Waals surface area contributed by atoms with Crippen LogP contribution in [0.15, 0.2) is 39.9 Å². The minimum absolute atomic E-state index is 0.433. The summed E-state index contributed by atoms with van der Waals surface area (Å²) in [6, 6.07) is 8.12. The van der Waals surface area contributed by atoms with Gasteiger partial charge in [0.1, 0.15) is 17.8 Å². The van der Waals surface area contributed by atoms with Crippen LogP contribution >= 0.6 is 0 Å². The van der Waals surface area contributed by atoms with E-state index in [4.69, 9.17) is 4.42 Å². The van der Waals surface area contributed by atoms with E-state index in [1.807, 2.05) is 31.2 Å². The molecule has 1 aromatic carbocycles. The van der Waals surface area contributed by atoms with Crippen molar-refractivity contribution in [3.05, 3.63) is 53.4 Å². The number of aryl methyl sites for hydroxylation is 2. The molecule has 0 unspecified atom stereocenters. The summed E-state index contributed by atoms with van der Waals surface area (Å²) in [4.78, 5) is 9.18. The van der Waals surface area contributed by atoms with Gasteiger partial charge in [-0.15, -0.1) is 10.2 Å². The zero-order valence-corrected chi connectivity index (χ0v) is 17.0. The van der Waals surface area contributed by atoms with E-state index in [1.54, 1.807) is 6.26 Å². The molecule has 0 fully saturated rings. The molecule has 0 radical (unpaired) electrons. The molecule has 0 aliphatic carbocycles. The number of hydrogen-bond donors (Lipinski definition) is 2. The highest BCUT2D eigenvalue weighted by Gasteiger charge is 2.15. The number of aromatic nitrogens is 4. The van der Waals surface area contributed by atoms with Gasteiger partial charge in [-0.05, 0) is 38.8 Å². The molecule has 8 heteroatoms. The van der Waals surface area contributed by atoms with E-state index in [2.05, 4.69) is 42.3 Å². The Bertz CT molecular complexity index is 971. The number of benzene rings is 1. The van der Waals surface area contributed by atoms with Crippen LogP contribution in [0.4, 0.5) is 0 Å². The molecular weight excluding hydrogens is 366 g/mol. The largest absolute Gasteiger partial charge is 0.444 e. The second-order valence-corrected chi connectivity index (χ2v) is 7.20. The van der Waals surface area contributed by atoms with Gasteiger partial charge in [-0.3, -0.25) is 0 Å². The lowest BCUT2D eigenvalue weighted by Gasteiger charge is -2.16. The number of nitrogens with one attached hydrogen (secondary N) is 2. The van der Waals surface area contributed by atoms with Gasteiger partial charge in [0.05, 0.1) is 13.1 Å². The predicted octanol–water partition coefficient (Wildman–Crippen LogP) is 2.83. The van der Waals surface area contributed by atoms with Crippen LogP contribution in [-0.4, -0.2) is 32.3 Å². The summed E-state index contributed by atoms with van der Waals surface area (Å²) in [5, 5.41) is 15.2. The minimum atomic E-state index is 0.433. The average molecular weight is 393 g/mol. The third-order valence-corrected chi connectivity index (χ3v) is 4.94. The van der Waals surface area contributed by atoms with E-state index in [0.717, 1.165) is 48.4 Å². The van der Waals surface area contributed by atoms with Crippen LogP contribution in [0, 0.1) is 6.92 Å². The number of fused-ring (bicyclic) bond motifs is 1. The number of guanidine groups is 1. The summed E-state index contributed by atoms with van der Waals surface area (Å²) in [7, 11) is 0. The van der Waals surface area contributed by atoms with Crippen LogP contribution in [0.3, 0.4) is 0 Å². The molecule has 0 saturated heterocycles. The van der Waals surface area contributed by atoms with E-state index in [0.29, 0.717) is 19.0 Å². The predicted molar refractivity (Wildman–Crippen MR) is 111 cm³/mol. The summed E-state index contributed by atoms with van der Waals surface area (Å²) >= 11 is 0. The second kappa shape index (κ2) is 8.89. The lowest BCUT2D eigenvalue weighted by molar-refractivity contribution is 0.504. The maximum Gasteiger partial charge on any atom is 0.226 e. The highest BCUT2D eigenvalue weighted by Crippen LogP contribution is 2.19. The van der Waals surface area contributed by atoms with Gasteiger partial charge in [0.25, 0.3) is 0 Å². The molecule has 3 heterocycles. The standard InChI is InChI=1S/C21H27N7O/c1-3-22-21(24-13-19-27-26-18-6-4-5-11-28(18)19)23-12-17-14-29-20(25-17)16-9-7-15(2)8-10-16/h7-10,14H,3-6,11-13H2,1-2H3,(H2,22,23,24). The molecule has 3 aromatic rings. The number of rotatable bonds is 6. The monoisotopic (exact) mass is 393 g/mol. The van der Waals surface area contributed by atoms with Gasteiger partial charge in [0.15, 0.2) is 11.8 Å². The molecule has 152 valence electrons. The van der Waals surface area contributed by atoms with Gasteiger partial charge in [-0.25, -0.2) is 9.98 Å². The van der Waals surface area contributed by atoms with E-state index in [9.17, 15) is 0 Å².